The Morgan fingerprint density at radius 3 is 2.40 bits per heavy atom. The molecule has 0 aliphatic heterocycles. The van der Waals surface area contributed by atoms with Crippen molar-refractivity contribution in [3.8, 4) is 0 Å². The Morgan fingerprint density at radius 2 is 2.07 bits per heavy atom. The smallest absolute Gasteiger partial charge is 0.224 e. The Kier molecular flexibility index (Phi) is 7.34. The van der Waals surface area contributed by atoms with E-state index in [1.54, 1.807) is 7.11 Å². The molecule has 0 rings (SSSR count). The second-order valence-corrected chi connectivity index (χ2v) is 4.16. The van der Waals surface area contributed by atoms with Gasteiger partial charge in [-0.2, -0.15) is 0 Å². The van der Waals surface area contributed by atoms with Crippen LogP contribution in [-0.2, 0) is 9.53 Å². The summed E-state index contributed by atoms with van der Waals surface area (Å²) in [7, 11) is 1.64. The molecule has 0 aliphatic rings. The number of amides is 1. The SMILES string of the molecule is CCC(CN)C(=O)NC(COC)C(C)C. The summed E-state index contributed by atoms with van der Waals surface area (Å²) in [5.74, 6) is 0.322. The molecule has 2 unspecified atom stereocenters. The molecule has 0 aliphatic carbocycles. The molecule has 90 valence electrons. The molecule has 0 saturated heterocycles. The van der Waals surface area contributed by atoms with Crippen molar-refractivity contribution in [1.29, 1.82) is 0 Å². The molecule has 3 N–H and O–H groups in total. The normalized spacial score (nSPS) is 15.1. The zero-order valence-electron chi connectivity index (χ0n) is 10.2. The van der Waals surface area contributed by atoms with Crippen molar-refractivity contribution in [2.45, 2.75) is 33.2 Å². The first-order valence-corrected chi connectivity index (χ1v) is 5.56. The van der Waals surface area contributed by atoms with Crippen LogP contribution < -0.4 is 11.1 Å². The molecule has 4 nitrogen and oxygen atoms in total. The van der Waals surface area contributed by atoms with Crippen molar-refractivity contribution >= 4 is 5.91 Å². The minimum Gasteiger partial charge on any atom is -0.383 e. The number of nitrogens with two attached hydrogens (primary N) is 1. The van der Waals surface area contributed by atoms with E-state index in [4.69, 9.17) is 10.5 Å². The van der Waals surface area contributed by atoms with E-state index in [2.05, 4.69) is 19.2 Å². The van der Waals surface area contributed by atoms with Gasteiger partial charge in [0.05, 0.1) is 12.6 Å². The Balaban J connectivity index is 4.20. The fourth-order valence-electron chi connectivity index (χ4n) is 1.34. The van der Waals surface area contributed by atoms with Gasteiger partial charge < -0.3 is 15.8 Å². The third kappa shape index (κ3) is 5.14. The Hall–Kier alpha value is -0.610. The van der Waals surface area contributed by atoms with Gasteiger partial charge in [-0.15, -0.1) is 0 Å². The number of rotatable bonds is 7. The van der Waals surface area contributed by atoms with Gasteiger partial charge >= 0.3 is 0 Å². The van der Waals surface area contributed by atoms with Crippen LogP contribution in [0.2, 0.25) is 0 Å². The van der Waals surface area contributed by atoms with Crippen molar-refractivity contribution in [1.82, 2.24) is 5.32 Å². The predicted molar refractivity (Wildman–Crippen MR) is 61.5 cm³/mol. The van der Waals surface area contributed by atoms with Crippen LogP contribution in [-0.4, -0.2) is 32.2 Å². The fraction of sp³-hybridized carbons (Fsp3) is 0.909. The highest BCUT2D eigenvalue weighted by Gasteiger charge is 2.20. The lowest BCUT2D eigenvalue weighted by Gasteiger charge is -2.23. The Labute approximate surface area is 92.6 Å². The summed E-state index contributed by atoms with van der Waals surface area (Å²) in [5.41, 5.74) is 5.52. The average molecular weight is 216 g/mol. The summed E-state index contributed by atoms with van der Waals surface area (Å²) in [5, 5.41) is 2.98. The maximum absolute atomic E-state index is 11.7. The topological polar surface area (TPSA) is 64.4 Å². The van der Waals surface area contributed by atoms with E-state index in [0.29, 0.717) is 19.1 Å². The maximum Gasteiger partial charge on any atom is 0.224 e. The lowest BCUT2D eigenvalue weighted by Crippen LogP contribution is -2.45. The molecular weight excluding hydrogens is 192 g/mol. The molecule has 0 aromatic carbocycles. The van der Waals surface area contributed by atoms with Gasteiger partial charge in [-0.05, 0) is 12.3 Å². The molecule has 1 amide bonds. The second-order valence-electron chi connectivity index (χ2n) is 4.16. The number of carbonyl (C=O) groups is 1. The van der Waals surface area contributed by atoms with E-state index in [1.807, 2.05) is 6.92 Å². The Morgan fingerprint density at radius 1 is 1.47 bits per heavy atom. The molecule has 15 heavy (non-hydrogen) atoms. The number of hydrogen-bond donors (Lipinski definition) is 2. The number of carbonyl (C=O) groups excluding carboxylic acids is 1. The molecule has 0 heterocycles. The average Bonchev–Trinajstić information content (AvgIpc) is 2.18. The molecule has 2 atom stereocenters. The predicted octanol–water partition coefficient (Wildman–Crippen LogP) is 0.759. The summed E-state index contributed by atoms with van der Waals surface area (Å²) >= 11 is 0. The zero-order valence-corrected chi connectivity index (χ0v) is 10.2. The van der Waals surface area contributed by atoms with E-state index < -0.39 is 0 Å². The summed E-state index contributed by atoms with van der Waals surface area (Å²) in [6, 6.07) is 0.0723. The summed E-state index contributed by atoms with van der Waals surface area (Å²) in [6.07, 6.45) is 0.778. The minimum atomic E-state index is -0.0805. The lowest BCUT2D eigenvalue weighted by atomic mass is 10.0. The van der Waals surface area contributed by atoms with Gasteiger partial charge in [0.1, 0.15) is 0 Å². The highest BCUT2D eigenvalue weighted by atomic mass is 16.5. The van der Waals surface area contributed by atoms with E-state index >= 15 is 0 Å². The molecular formula is C11H24N2O2. The van der Waals surface area contributed by atoms with Crippen LogP contribution in [0.5, 0.6) is 0 Å². The quantitative estimate of drug-likeness (QED) is 0.660. The van der Waals surface area contributed by atoms with Gasteiger partial charge in [0.2, 0.25) is 5.91 Å². The van der Waals surface area contributed by atoms with E-state index in [1.165, 1.54) is 0 Å². The van der Waals surface area contributed by atoms with Crippen LogP contribution in [0.1, 0.15) is 27.2 Å². The second kappa shape index (κ2) is 7.65. The number of methoxy groups -OCH3 is 1. The largest absolute Gasteiger partial charge is 0.383 e. The molecule has 0 bridgehead atoms. The highest BCUT2D eigenvalue weighted by Crippen LogP contribution is 2.05. The molecule has 0 aromatic heterocycles. The zero-order chi connectivity index (χ0) is 11.8. The van der Waals surface area contributed by atoms with Crippen LogP contribution in [0.3, 0.4) is 0 Å². The van der Waals surface area contributed by atoms with Gasteiger partial charge in [-0.3, -0.25) is 4.79 Å². The first-order valence-electron chi connectivity index (χ1n) is 5.56. The molecule has 0 spiro atoms. The van der Waals surface area contributed by atoms with Crippen molar-refractivity contribution < 1.29 is 9.53 Å². The van der Waals surface area contributed by atoms with Crippen molar-refractivity contribution in [3.63, 3.8) is 0 Å². The summed E-state index contributed by atoms with van der Waals surface area (Å²) in [6.45, 7) is 7.04. The van der Waals surface area contributed by atoms with Gasteiger partial charge in [0, 0.05) is 19.6 Å². The number of ether oxygens (including phenoxy) is 1. The number of hydrogen-bond acceptors (Lipinski definition) is 3. The highest BCUT2D eigenvalue weighted by molar-refractivity contribution is 5.79. The first-order chi connectivity index (χ1) is 7.06. The van der Waals surface area contributed by atoms with Crippen LogP contribution in [0.15, 0.2) is 0 Å². The number of nitrogens with one attached hydrogen (secondary N) is 1. The molecule has 0 aromatic rings. The van der Waals surface area contributed by atoms with Crippen LogP contribution in [0, 0.1) is 11.8 Å². The summed E-state index contributed by atoms with van der Waals surface area (Å²) in [4.78, 5) is 11.7. The third-order valence-electron chi connectivity index (χ3n) is 2.63. The van der Waals surface area contributed by atoms with E-state index in [-0.39, 0.29) is 17.9 Å². The lowest BCUT2D eigenvalue weighted by molar-refractivity contribution is -0.126. The standard InChI is InChI=1S/C11H24N2O2/c1-5-9(6-12)11(14)13-10(7-15-4)8(2)3/h8-10H,5-7,12H2,1-4H3,(H,13,14). The van der Waals surface area contributed by atoms with E-state index in [9.17, 15) is 4.79 Å². The van der Waals surface area contributed by atoms with Crippen LogP contribution >= 0.6 is 0 Å². The minimum absolute atomic E-state index is 0.0377. The van der Waals surface area contributed by atoms with Crippen molar-refractivity contribution in [2.24, 2.45) is 17.6 Å². The van der Waals surface area contributed by atoms with Crippen molar-refractivity contribution in [2.75, 3.05) is 20.3 Å². The van der Waals surface area contributed by atoms with Gasteiger partial charge in [0.15, 0.2) is 0 Å². The van der Waals surface area contributed by atoms with E-state index in [0.717, 1.165) is 6.42 Å². The van der Waals surface area contributed by atoms with Crippen LogP contribution in [0.25, 0.3) is 0 Å². The van der Waals surface area contributed by atoms with Crippen LogP contribution in [0.4, 0.5) is 0 Å². The Bertz CT molecular complexity index is 179. The van der Waals surface area contributed by atoms with Gasteiger partial charge in [-0.25, -0.2) is 0 Å². The molecule has 0 radical (unpaired) electrons. The third-order valence-corrected chi connectivity index (χ3v) is 2.63. The van der Waals surface area contributed by atoms with Crippen molar-refractivity contribution in [3.05, 3.63) is 0 Å². The summed E-state index contributed by atoms with van der Waals surface area (Å²) < 4.78 is 5.07. The van der Waals surface area contributed by atoms with Gasteiger partial charge in [-0.1, -0.05) is 20.8 Å². The molecule has 0 saturated carbocycles. The fourth-order valence-corrected chi connectivity index (χ4v) is 1.34. The first kappa shape index (κ1) is 14.4. The molecule has 4 heteroatoms. The molecule has 0 fully saturated rings. The monoisotopic (exact) mass is 216 g/mol. The maximum atomic E-state index is 11.7. The van der Waals surface area contributed by atoms with Gasteiger partial charge in [0.25, 0.3) is 0 Å².